The van der Waals surface area contributed by atoms with Crippen molar-refractivity contribution in [3.8, 4) is 0 Å². The lowest BCUT2D eigenvalue weighted by molar-refractivity contribution is -0.128. The lowest BCUT2D eigenvalue weighted by Gasteiger charge is -2.27. The molecule has 0 fully saturated rings. The predicted molar refractivity (Wildman–Crippen MR) is 83.4 cm³/mol. The maximum Gasteiger partial charge on any atom is 0.293 e. The Bertz CT molecular complexity index is 613. The third-order valence-electron chi connectivity index (χ3n) is 3.84. The second-order valence-electron chi connectivity index (χ2n) is 5.20. The molecule has 0 aliphatic carbocycles. The number of hydrogen-bond donors (Lipinski definition) is 0. The fraction of sp³-hybridized carbons (Fsp3) is 0.222. The van der Waals surface area contributed by atoms with Crippen LogP contribution < -0.4 is 0 Å². The van der Waals surface area contributed by atoms with Gasteiger partial charge in [0.05, 0.1) is 12.3 Å². The van der Waals surface area contributed by atoms with Crippen molar-refractivity contribution in [2.45, 2.75) is 18.4 Å². The van der Waals surface area contributed by atoms with Crippen LogP contribution in [0.25, 0.3) is 0 Å². The quantitative estimate of drug-likeness (QED) is 0.607. The molecule has 0 spiro atoms. The van der Waals surface area contributed by atoms with Gasteiger partial charge in [-0.3, -0.25) is 4.79 Å². The molecule has 0 radical (unpaired) electrons. The zero-order valence-electron chi connectivity index (χ0n) is 12.1. The Kier molecular flexibility index (Phi) is 4.19. The second-order valence-corrected chi connectivity index (χ2v) is 5.20. The van der Waals surface area contributed by atoms with Gasteiger partial charge in [0, 0.05) is 24.0 Å². The average Bonchev–Trinajstić information content (AvgIpc) is 3.02. The van der Waals surface area contributed by atoms with Crippen LogP contribution in [0.4, 0.5) is 0 Å². The van der Waals surface area contributed by atoms with Crippen LogP contribution in [0.1, 0.15) is 24.0 Å². The lowest BCUT2D eigenvalue weighted by Crippen LogP contribution is -2.28. The number of carbonyl (C=O) groups is 1. The van der Waals surface area contributed by atoms with Crippen LogP contribution in [-0.2, 0) is 20.0 Å². The summed E-state index contributed by atoms with van der Waals surface area (Å²) in [7, 11) is 0. The third-order valence-corrected chi connectivity index (χ3v) is 3.84. The molecule has 0 unspecified atom stereocenters. The van der Waals surface area contributed by atoms with Gasteiger partial charge in [-0.25, -0.2) is 0 Å². The number of nitrogens with zero attached hydrogens (tertiary/aromatic N) is 1. The molecule has 4 nitrogen and oxygen atoms in total. The lowest BCUT2D eigenvalue weighted by atomic mass is 9.82. The van der Waals surface area contributed by atoms with Gasteiger partial charge in [0.15, 0.2) is 5.60 Å². The van der Waals surface area contributed by atoms with E-state index < -0.39 is 5.60 Å². The summed E-state index contributed by atoms with van der Waals surface area (Å²) in [4.78, 5) is 16.2. The minimum absolute atomic E-state index is 0.325. The Morgan fingerprint density at radius 1 is 1.05 bits per heavy atom. The molecule has 0 amide bonds. The van der Waals surface area contributed by atoms with Gasteiger partial charge >= 0.3 is 0 Å². The largest absolute Gasteiger partial charge is 0.467 e. The summed E-state index contributed by atoms with van der Waals surface area (Å²) in [5, 5.41) is 4.23. The zero-order chi connectivity index (χ0) is 15.3. The first-order chi connectivity index (χ1) is 10.8. The van der Waals surface area contributed by atoms with Crippen molar-refractivity contribution in [3.63, 3.8) is 0 Å². The minimum Gasteiger partial charge on any atom is -0.467 e. The molecule has 3 rings (SSSR count). The smallest absolute Gasteiger partial charge is 0.293 e. The van der Waals surface area contributed by atoms with E-state index in [-0.39, 0.29) is 0 Å². The van der Waals surface area contributed by atoms with Gasteiger partial charge < -0.3 is 9.57 Å². The molecule has 1 aliphatic heterocycles. The van der Waals surface area contributed by atoms with Gasteiger partial charge in [-0.05, 0) is 0 Å². The number of oxime groups is 1. The van der Waals surface area contributed by atoms with Crippen LogP contribution in [0.15, 0.2) is 65.8 Å². The monoisotopic (exact) mass is 295 g/mol. The fourth-order valence-electron chi connectivity index (χ4n) is 2.74. The standard InChI is InChI=1S/C18H17NO3/c20-14-21-12-11-17-13-18(22-19-17,15-7-3-1-4-8-15)16-9-5-2-6-10-16/h1-10,14H,11-13H2. The Hall–Kier alpha value is -2.62. The van der Waals surface area contributed by atoms with Crippen LogP contribution in [0.3, 0.4) is 0 Å². The molecule has 0 atom stereocenters. The fourth-order valence-corrected chi connectivity index (χ4v) is 2.74. The summed E-state index contributed by atoms with van der Waals surface area (Å²) in [5.74, 6) is 0. The van der Waals surface area contributed by atoms with Gasteiger partial charge in [-0.15, -0.1) is 0 Å². The summed E-state index contributed by atoms with van der Waals surface area (Å²) < 4.78 is 4.76. The molecule has 2 aromatic carbocycles. The van der Waals surface area contributed by atoms with Gasteiger partial charge in [0.2, 0.25) is 0 Å². The Morgan fingerprint density at radius 3 is 2.18 bits per heavy atom. The topological polar surface area (TPSA) is 47.9 Å². The molecular formula is C18H17NO3. The van der Waals surface area contributed by atoms with Crippen LogP contribution in [0, 0.1) is 0 Å². The summed E-state index contributed by atoms with van der Waals surface area (Å²) in [6, 6.07) is 20.1. The van der Waals surface area contributed by atoms with E-state index in [1.54, 1.807) is 0 Å². The van der Waals surface area contributed by atoms with Crippen molar-refractivity contribution in [3.05, 3.63) is 71.8 Å². The molecule has 0 bridgehead atoms. The van der Waals surface area contributed by atoms with Crippen molar-refractivity contribution in [2.24, 2.45) is 5.16 Å². The second kappa shape index (κ2) is 6.43. The van der Waals surface area contributed by atoms with Crippen molar-refractivity contribution in [2.75, 3.05) is 6.61 Å². The SMILES string of the molecule is O=COCCC1=NOC(c2ccccc2)(c2ccccc2)C1. The molecule has 22 heavy (non-hydrogen) atoms. The molecule has 1 heterocycles. The van der Waals surface area contributed by atoms with Crippen LogP contribution in [0.5, 0.6) is 0 Å². The van der Waals surface area contributed by atoms with E-state index in [4.69, 9.17) is 9.57 Å². The highest BCUT2D eigenvalue weighted by Crippen LogP contribution is 2.41. The number of hydrogen-bond acceptors (Lipinski definition) is 4. The number of benzene rings is 2. The molecule has 0 N–H and O–H groups in total. The van der Waals surface area contributed by atoms with Crippen LogP contribution >= 0.6 is 0 Å². The highest BCUT2D eigenvalue weighted by atomic mass is 16.7. The molecule has 0 saturated heterocycles. The van der Waals surface area contributed by atoms with Crippen LogP contribution in [0.2, 0.25) is 0 Å². The van der Waals surface area contributed by atoms with E-state index in [2.05, 4.69) is 5.16 Å². The zero-order valence-corrected chi connectivity index (χ0v) is 12.1. The molecule has 4 heteroatoms. The van der Waals surface area contributed by atoms with E-state index in [9.17, 15) is 4.79 Å². The van der Waals surface area contributed by atoms with E-state index >= 15 is 0 Å². The summed E-state index contributed by atoms with van der Waals surface area (Å²) in [5.41, 5.74) is 2.43. The minimum atomic E-state index is -0.598. The highest BCUT2D eigenvalue weighted by molar-refractivity contribution is 5.87. The molecule has 0 saturated carbocycles. The van der Waals surface area contributed by atoms with Gasteiger partial charge in [0.25, 0.3) is 6.47 Å². The highest BCUT2D eigenvalue weighted by Gasteiger charge is 2.42. The number of ether oxygens (including phenoxy) is 1. The van der Waals surface area contributed by atoms with E-state index in [0.29, 0.717) is 25.9 Å². The Balaban J connectivity index is 1.89. The molecule has 1 aliphatic rings. The van der Waals surface area contributed by atoms with Crippen molar-refractivity contribution in [1.29, 1.82) is 0 Å². The number of rotatable bonds is 6. The average molecular weight is 295 g/mol. The Labute approximate surface area is 129 Å². The van der Waals surface area contributed by atoms with Gasteiger partial charge in [-0.2, -0.15) is 0 Å². The maximum atomic E-state index is 10.3. The first-order valence-corrected chi connectivity index (χ1v) is 7.25. The first kappa shape index (κ1) is 14.3. The summed E-state index contributed by atoms with van der Waals surface area (Å²) in [6.45, 7) is 0.781. The van der Waals surface area contributed by atoms with Crippen molar-refractivity contribution in [1.82, 2.24) is 0 Å². The maximum absolute atomic E-state index is 10.3. The first-order valence-electron chi connectivity index (χ1n) is 7.25. The third kappa shape index (κ3) is 2.72. The molecule has 112 valence electrons. The van der Waals surface area contributed by atoms with Gasteiger partial charge in [0.1, 0.15) is 0 Å². The predicted octanol–water partition coefficient (Wildman–Crippen LogP) is 3.27. The van der Waals surface area contributed by atoms with Crippen LogP contribution in [-0.4, -0.2) is 18.8 Å². The normalized spacial score (nSPS) is 15.7. The van der Waals surface area contributed by atoms with Gasteiger partial charge in [-0.1, -0.05) is 65.8 Å². The van der Waals surface area contributed by atoms with E-state index in [1.165, 1.54) is 0 Å². The summed E-state index contributed by atoms with van der Waals surface area (Å²) >= 11 is 0. The molecule has 0 aromatic heterocycles. The molecule has 2 aromatic rings. The van der Waals surface area contributed by atoms with E-state index in [1.807, 2.05) is 60.7 Å². The van der Waals surface area contributed by atoms with Crippen molar-refractivity contribution < 1.29 is 14.4 Å². The van der Waals surface area contributed by atoms with E-state index in [0.717, 1.165) is 16.8 Å². The number of carbonyl (C=O) groups excluding carboxylic acids is 1. The summed E-state index contributed by atoms with van der Waals surface area (Å²) in [6.07, 6.45) is 1.24. The van der Waals surface area contributed by atoms with Crippen molar-refractivity contribution >= 4 is 12.2 Å². The molecular weight excluding hydrogens is 278 g/mol. The Morgan fingerprint density at radius 2 is 1.64 bits per heavy atom.